The van der Waals surface area contributed by atoms with Gasteiger partial charge in [-0.3, -0.25) is 0 Å². The van der Waals surface area contributed by atoms with Gasteiger partial charge in [0.15, 0.2) is 23.0 Å². The lowest BCUT2D eigenvalue weighted by Gasteiger charge is -2.13. The monoisotopic (exact) mass is 372 g/mol. The summed E-state index contributed by atoms with van der Waals surface area (Å²) in [5, 5.41) is 9.71. The summed E-state index contributed by atoms with van der Waals surface area (Å²) < 4.78 is 21.6. The fraction of sp³-hybridized carbons (Fsp3) is 0.286. The maximum atomic E-state index is 11.9. The molecule has 0 atom stereocenters. The van der Waals surface area contributed by atoms with E-state index in [1.165, 1.54) is 7.11 Å². The van der Waals surface area contributed by atoms with E-state index < -0.39 is 5.97 Å². The van der Waals surface area contributed by atoms with Crippen LogP contribution in [-0.4, -0.2) is 38.5 Å². The minimum absolute atomic E-state index is 0.131. The molecule has 0 fully saturated rings. The van der Waals surface area contributed by atoms with Crippen LogP contribution in [0.5, 0.6) is 23.0 Å². The van der Waals surface area contributed by atoms with Crippen LogP contribution in [0, 0.1) is 0 Å². The zero-order valence-electron chi connectivity index (χ0n) is 15.9. The standard InChI is InChI=1S/C21H24O6/c1-5-26-18-10-8-15(13-20(18)27-6-2)16(21(22)23)11-14-7-9-17(24-3)19(12-14)25-4/h7-13H,5-6H2,1-4H3,(H,22,23)/b16-11-. The fourth-order valence-electron chi connectivity index (χ4n) is 2.60. The SMILES string of the molecule is CCOc1ccc(/C(=C/c2ccc(OC)c(OC)c2)C(=O)O)cc1OCC. The Hall–Kier alpha value is -3.15. The number of ether oxygens (including phenoxy) is 4. The quantitative estimate of drug-likeness (QED) is 0.527. The molecule has 0 bridgehead atoms. The highest BCUT2D eigenvalue weighted by Gasteiger charge is 2.15. The topological polar surface area (TPSA) is 74.2 Å². The van der Waals surface area contributed by atoms with Crippen molar-refractivity contribution in [1.82, 2.24) is 0 Å². The number of carbonyl (C=O) groups is 1. The number of benzene rings is 2. The van der Waals surface area contributed by atoms with Gasteiger partial charge in [-0.15, -0.1) is 0 Å². The molecule has 2 aromatic rings. The molecule has 27 heavy (non-hydrogen) atoms. The van der Waals surface area contributed by atoms with E-state index in [1.807, 2.05) is 13.8 Å². The Morgan fingerprint density at radius 2 is 1.52 bits per heavy atom. The van der Waals surface area contributed by atoms with E-state index in [1.54, 1.807) is 49.6 Å². The average Bonchev–Trinajstić information content (AvgIpc) is 2.67. The second-order valence-electron chi connectivity index (χ2n) is 5.51. The molecule has 0 aliphatic heterocycles. The third-order valence-corrected chi connectivity index (χ3v) is 3.80. The van der Waals surface area contributed by atoms with Gasteiger partial charge in [0.2, 0.25) is 0 Å². The Kier molecular flexibility index (Phi) is 7.11. The van der Waals surface area contributed by atoms with E-state index in [-0.39, 0.29) is 5.57 Å². The van der Waals surface area contributed by atoms with Gasteiger partial charge in [-0.2, -0.15) is 0 Å². The molecule has 2 aromatic carbocycles. The van der Waals surface area contributed by atoms with Crippen molar-refractivity contribution < 1.29 is 28.8 Å². The van der Waals surface area contributed by atoms with Crippen molar-refractivity contribution in [2.75, 3.05) is 27.4 Å². The second-order valence-corrected chi connectivity index (χ2v) is 5.51. The first-order chi connectivity index (χ1) is 13.0. The van der Waals surface area contributed by atoms with E-state index in [2.05, 4.69) is 0 Å². The Morgan fingerprint density at radius 3 is 2.11 bits per heavy atom. The van der Waals surface area contributed by atoms with E-state index in [0.29, 0.717) is 47.3 Å². The van der Waals surface area contributed by atoms with Gasteiger partial charge in [0.1, 0.15) is 0 Å². The largest absolute Gasteiger partial charge is 0.493 e. The van der Waals surface area contributed by atoms with Gasteiger partial charge in [-0.1, -0.05) is 12.1 Å². The number of rotatable bonds is 9. The number of methoxy groups -OCH3 is 2. The highest BCUT2D eigenvalue weighted by molar-refractivity contribution is 6.20. The van der Waals surface area contributed by atoms with Crippen LogP contribution in [-0.2, 0) is 4.79 Å². The van der Waals surface area contributed by atoms with Crippen molar-refractivity contribution in [3.05, 3.63) is 47.5 Å². The number of hydrogen-bond donors (Lipinski definition) is 1. The number of hydrogen-bond acceptors (Lipinski definition) is 5. The fourth-order valence-corrected chi connectivity index (χ4v) is 2.60. The predicted octanol–water partition coefficient (Wildman–Crippen LogP) is 4.13. The summed E-state index contributed by atoms with van der Waals surface area (Å²) in [5.74, 6) is 1.15. The lowest BCUT2D eigenvalue weighted by Crippen LogP contribution is -2.03. The molecular weight excluding hydrogens is 348 g/mol. The summed E-state index contributed by atoms with van der Waals surface area (Å²) in [6.45, 7) is 4.68. The van der Waals surface area contributed by atoms with E-state index >= 15 is 0 Å². The van der Waals surface area contributed by atoms with Crippen molar-refractivity contribution in [3.63, 3.8) is 0 Å². The molecule has 1 N–H and O–H groups in total. The number of aliphatic carboxylic acids is 1. The molecule has 0 unspecified atom stereocenters. The summed E-state index contributed by atoms with van der Waals surface area (Å²) in [6.07, 6.45) is 1.58. The lowest BCUT2D eigenvalue weighted by molar-refractivity contribution is -0.130. The molecule has 0 amide bonds. The molecule has 0 saturated carbocycles. The molecule has 6 nitrogen and oxygen atoms in total. The molecule has 0 aromatic heterocycles. The summed E-state index contributed by atoms with van der Waals surface area (Å²) in [7, 11) is 3.08. The third-order valence-electron chi connectivity index (χ3n) is 3.80. The van der Waals surface area contributed by atoms with Crippen LogP contribution in [0.3, 0.4) is 0 Å². The molecule has 0 aliphatic rings. The Morgan fingerprint density at radius 1 is 0.889 bits per heavy atom. The zero-order chi connectivity index (χ0) is 19.8. The van der Waals surface area contributed by atoms with Crippen molar-refractivity contribution in [1.29, 1.82) is 0 Å². The van der Waals surface area contributed by atoms with Gasteiger partial charge in [0.05, 0.1) is 33.0 Å². The molecule has 0 radical (unpaired) electrons. The summed E-state index contributed by atoms with van der Waals surface area (Å²) in [5.41, 5.74) is 1.33. The van der Waals surface area contributed by atoms with E-state index in [0.717, 1.165) is 0 Å². The highest BCUT2D eigenvalue weighted by atomic mass is 16.5. The van der Waals surface area contributed by atoms with Crippen molar-refractivity contribution in [3.8, 4) is 23.0 Å². The molecule has 0 aliphatic carbocycles. The van der Waals surface area contributed by atoms with Crippen LogP contribution in [0.4, 0.5) is 0 Å². The smallest absolute Gasteiger partial charge is 0.336 e. The first-order valence-corrected chi connectivity index (χ1v) is 8.61. The van der Waals surface area contributed by atoms with Crippen LogP contribution >= 0.6 is 0 Å². The van der Waals surface area contributed by atoms with Gasteiger partial charge in [-0.05, 0) is 55.3 Å². The molecular formula is C21H24O6. The van der Waals surface area contributed by atoms with Gasteiger partial charge in [0.25, 0.3) is 0 Å². The van der Waals surface area contributed by atoms with Crippen LogP contribution in [0.2, 0.25) is 0 Å². The number of carboxylic acids is 1. The van der Waals surface area contributed by atoms with Crippen molar-refractivity contribution in [2.45, 2.75) is 13.8 Å². The van der Waals surface area contributed by atoms with Crippen molar-refractivity contribution >= 4 is 17.6 Å². The van der Waals surface area contributed by atoms with E-state index in [9.17, 15) is 9.90 Å². The Balaban J connectivity index is 2.50. The molecule has 0 spiro atoms. The first kappa shape index (κ1) is 20.2. The van der Waals surface area contributed by atoms with Crippen LogP contribution < -0.4 is 18.9 Å². The Bertz CT molecular complexity index is 825. The minimum Gasteiger partial charge on any atom is -0.493 e. The maximum Gasteiger partial charge on any atom is 0.336 e. The molecule has 144 valence electrons. The normalized spacial score (nSPS) is 11.0. The first-order valence-electron chi connectivity index (χ1n) is 8.61. The van der Waals surface area contributed by atoms with Gasteiger partial charge < -0.3 is 24.1 Å². The molecule has 2 rings (SSSR count). The van der Waals surface area contributed by atoms with Crippen LogP contribution in [0.15, 0.2) is 36.4 Å². The van der Waals surface area contributed by atoms with E-state index in [4.69, 9.17) is 18.9 Å². The summed E-state index contributed by atoms with van der Waals surface area (Å²) in [6, 6.07) is 10.3. The molecule has 0 saturated heterocycles. The minimum atomic E-state index is -1.05. The average molecular weight is 372 g/mol. The predicted molar refractivity (Wildman–Crippen MR) is 104 cm³/mol. The van der Waals surface area contributed by atoms with Crippen LogP contribution in [0.25, 0.3) is 11.6 Å². The molecule has 6 heteroatoms. The van der Waals surface area contributed by atoms with Gasteiger partial charge in [0, 0.05) is 0 Å². The second kappa shape index (κ2) is 9.52. The summed E-state index contributed by atoms with van der Waals surface area (Å²) >= 11 is 0. The van der Waals surface area contributed by atoms with Crippen LogP contribution in [0.1, 0.15) is 25.0 Å². The maximum absolute atomic E-state index is 11.9. The molecule has 0 heterocycles. The lowest BCUT2D eigenvalue weighted by atomic mass is 10.0. The van der Waals surface area contributed by atoms with Crippen molar-refractivity contribution in [2.24, 2.45) is 0 Å². The van der Waals surface area contributed by atoms with Gasteiger partial charge in [-0.25, -0.2) is 4.79 Å². The summed E-state index contributed by atoms with van der Waals surface area (Å²) in [4.78, 5) is 11.9. The highest BCUT2D eigenvalue weighted by Crippen LogP contribution is 2.33. The third kappa shape index (κ3) is 4.94. The zero-order valence-corrected chi connectivity index (χ0v) is 15.9. The Labute approximate surface area is 158 Å². The number of carboxylic acid groups (broad SMARTS) is 1. The van der Waals surface area contributed by atoms with Gasteiger partial charge >= 0.3 is 5.97 Å².